The molecule has 2 N–H and O–H groups in total. The summed E-state index contributed by atoms with van der Waals surface area (Å²) in [4.78, 5) is 25.9. The minimum atomic E-state index is -0.246. The normalized spacial score (nSPS) is 15.0. The van der Waals surface area contributed by atoms with Gasteiger partial charge in [0.05, 0.1) is 0 Å². The summed E-state index contributed by atoms with van der Waals surface area (Å²) in [5.41, 5.74) is 3.02. The molecule has 0 bridgehead atoms. The smallest absolute Gasteiger partial charge is 0.315 e. The van der Waals surface area contributed by atoms with Gasteiger partial charge in [-0.1, -0.05) is 30.3 Å². The first-order valence-corrected chi connectivity index (χ1v) is 9.44. The Labute approximate surface area is 163 Å². The molecule has 0 radical (unpaired) electrons. The van der Waals surface area contributed by atoms with E-state index in [0.717, 1.165) is 35.4 Å². The van der Waals surface area contributed by atoms with Crippen molar-refractivity contribution in [3.63, 3.8) is 0 Å². The number of rotatable bonds is 6. The largest absolute Gasteiger partial charge is 0.454 e. The highest BCUT2D eigenvalue weighted by atomic mass is 16.7. The molecule has 1 saturated heterocycles. The zero-order chi connectivity index (χ0) is 19.3. The lowest BCUT2D eigenvalue weighted by atomic mass is 10.1. The van der Waals surface area contributed by atoms with E-state index in [1.54, 1.807) is 0 Å². The first kappa shape index (κ1) is 18.2. The van der Waals surface area contributed by atoms with Crippen LogP contribution < -0.4 is 20.1 Å². The minimum absolute atomic E-state index is 0.198. The molecule has 0 spiro atoms. The van der Waals surface area contributed by atoms with E-state index in [1.807, 2.05) is 47.4 Å². The Morgan fingerprint density at radius 2 is 1.79 bits per heavy atom. The van der Waals surface area contributed by atoms with Crippen molar-refractivity contribution in [2.45, 2.75) is 32.5 Å². The van der Waals surface area contributed by atoms with E-state index < -0.39 is 0 Å². The number of carbonyl (C=O) groups excluding carboxylic acids is 2. The number of carbonyl (C=O) groups is 2. The second-order valence-corrected chi connectivity index (χ2v) is 6.91. The summed E-state index contributed by atoms with van der Waals surface area (Å²) in [5.74, 6) is 1.62. The molecule has 0 unspecified atom stereocenters. The molecule has 3 amide bonds. The van der Waals surface area contributed by atoms with Gasteiger partial charge < -0.3 is 25.0 Å². The molecule has 4 rings (SSSR count). The number of benzene rings is 2. The maximum absolute atomic E-state index is 12.2. The lowest BCUT2D eigenvalue weighted by molar-refractivity contribution is -0.128. The molecule has 2 aromatic rings. The third-order valence-electron chi connectivity index (χ3n) is 4.98. The van der Waals surface area contributed by atoms with Crippen LogP contribution in [0.2, 0.25) is 0 Å². The van der Waals surface area contributed by atoms with Crippen molar-refractivity contribution in [1.82, 2.24) is 15.5 Å². The zero-order valence-electron chi connectivity index (χ0n) is 15.6. The number of nitrogens with zero attached hydrogens (tertiary/aromatic N) is 1. The molecule has 2 aromatic carbocycles. The molecule has 2 aliphatic rings. The van der Waals surface area contributed by atoms with Crippen LogP contribution in [0.5, 0.6) is 11.5 Å². The molecular weight excluding hydrogens is 358 g/mol. The first-order chi connectivity index (χ1) is 13.7. The Hall–Kier alpha value is -3.22. The second kappa shape index (κ2) is 8.21. The standard InChI is InChI=1S/C21H23N3O4/c25-20-6-3-9-24(20)13-17-5-2-1-4-16(17)12-23-21(26)22-11-15-7-8-18-19(10-15)28-14-27-18/h1-2,4-5,7-8,10H,3,6,9,11-14H2,(H2,22,23,26). The topological polar surface area (TPSA) is 79.9 Å². The molecule has 28 heavy (non-hydrogen) atoms. The van der Waals surface area contributed by atoms with Gasteiger partial charge in [0, 0.05) is 32.6 Å². The van der Waals surface area contributed by atoms with E-state index in [2.05, 4.69) is 10.6 Å². The number of urea groups is 1. The molecule has 1 fully saturated rings. The second-order valence-electron chi connectivity index (χ2n) is 6.91. The van der Waals surface area contributed by atoms with Crippen LogP contribution in [0.4, 0.5) is 4.79 Å². The average Bonchev–Trinajstić information content (AvgIpc) is 3.34. The SMILES string of the molecule is O=C(NCc1ccc2c(c1)OCO2)NCc1ccccc1CN1CCCC1=O. The first-order valence-electron chi connectivity index (χ1n) is 9.44. The molecule has 2 aliphatic heterocycles. The number of amides is 3. The highest BCUT2D eigenvalue weighted by molar-refractivity contribution is 5.78. The zero-order valence-corrected chi connectivity index (χ0v) is 15.6. The molecule has 7 nitrogen and oxygen atoms in total. The van der Waals surface area contributed by atoms with E-state index in [4.69, 9.17) is 9.47 Å². The fourth-order valence-electron chi connectivity index (χ4n) is 3.43. The number of likely N-dealkylation sites (tertiary alicyclic amines) is 1. The predicted octanol–water partition coefficient (Wildman–Crippen LogP) is 2.54. The van der Waals surface area contributed by atoms with Gasteiger partial charge in [0.2, 0.25) is 12.7 Å². The summed E-state index contributed by atoms with van der Waals surface area (Å²) in [7, 11) is 0. The Morgan fingerprint density at radius 3 is 2.61 bits per heavy atom. The summed E-state index contributed by atoms with van der Waals surface area (Å²) in [5, 5.41) is 5.74. The van der Waals surface area contributed by atoms with Gasteiger partial charge in [-0.3, -0.25) is 4.79 Å². The maximum Gasteiger partial charge on any atom is 0.315 e. The summed E-state index contributed by atoms with van der Waals surface area (Å²) in [6.07, 6.45) is 1.55. The Kier molecular flexibility index (Phi) is 5.32. The van der Waals surface area contributed by atoms with Crippen LogP contribution in [-0.2, 0) is 24.4 Å². The molecule has 146 valence electrons. The molecule has 2 heterocycles. The predicted molar refractivity (Wildman–Crippen MR) is 103 cm³/mol. The molecule has 0 atom stereocenters. The summed E-state index contributed by atoms with van der Waals surface area (Å²) >= 11 is 0. The lowest BCUT2D eigenvalue weighted by Crippen LogP contribution is -2.35. The van der Waals surface area contributed by atoms with Gasteiger partial charge in [-0.2, -0.15) is 0 Å². The van der Waals surface area contributed by atoms with Crippen LogP contribution in [-0.4, -0.2) is 30.2 Å². The van der Waals surface area contributed by atoms with E-state index in [1.165, 1.54) is 0 Å². The highest BCUT2D eigenvalue weighted by Crippen LogP contribution is 2.32. The fourth-order valence-corrected chi connectivity index (χ4v) is 3.43. The maximum atomic E-state index is 12.2. The van der Waals surface area contributed by atoms with Gasteiger partial charge in [0.1, 0.15) is 0 Å². The Bertz CT molecular complexity index is 884. The van der Waals surface area contributed by atoms with Crippen molar-refractivity contribution in [2.75, 3.05) is 13.3 Å². The number of nitrogens with one attached hydrogen (secondary N) is 2. The van der Waals surface area contributed by atoms with Crippen LogP contribution in [0.3, 0.4) is 0 Å². The van der Waals surface area contributed by atoms with Gasteiger partial charge in [0.15, 0.2) is 11.5 Å². The lowest BCUT2D eigenvalue weighted by Gasteiger charge is -2.18. The number of ether oxygens (including phenoxy) is 2. The third-order valence-corrected chi connectivity index (χ3v) is 4.98. The van der Waals surface area contributed by atoms with Gasteiger partial charge >= 0.3 is 6.03 Å². The molecule has 0 aliphatic carbocycles. The quantitative estimate of drug-likeness (QED) is 0.806. The Balaban J connectivity index is 1.29. The van der Waals surface area contributed by atoms with Crippen molar-refractivity contribution >= 4 is 11.9 Å². The molecular formula is C21H23N3O4. The van der Waals surface area contributed by atoms with Crippen molar-refractivity contribution in [3.05, 3.63) is 59.2 Å². The van der Waals surface area contributed by atoms with Crippen LogP contribution in [0, 0.1) is 0 Å². The monoisotopic (exact) mass is 381 g/mol. The summed E-state index contributed by atoms with van der Waals surface area (Å²) in [6, 6.07) is 13.2. The van der Waals surface area contributed by atoms with Crippen LogP contribution in [0.15, 0.2) is 42.5 Å². The number of hydrogen-bond donors (Lipinski definition) is 2. The number of hydrogen-bond acceptors (Lipinski definition) is 4. The fraction of sp³-hybridized carbons (Fsp3) is 0.333. The van der Waals surface area contributed by atoms with Gasteiger partial charge in [0.25, 0.3) is 0 Å². The van der Waals surface area contributed by atoms with E-state index in [9.17, 15) is 9.59 Å². The van der Waals surface area contributed by atoms with Gasteiger partial charge in [-0.25, -0.2) is 4.79 Å². The van der Waals surface area contributed by atoms with Gasteiger partial charge in [-0.05, 0) is 35.2 Å². The number of fused-ring (bicyclic) bond motifs is 1. The average molecular weight is 381 g/mol. The van der Waals surface area contributed by atoms with Crippen LogP contribution in [0.25, 0.3) is 0 Å². The molecule has 0 saturated carbocycles. The third kappa shape index (κ3) is 4.19. The molecule has 0 aromatic heterocycles. The summed E-state index contributed by atoms with van der Waals surface area (Å²) < 4.78 is 10.6. The van der Waals surface area contributed by atoms with E-state index >= 15 is 0 Å². The van der Waals surface area contributed by atoms with Gasteiger partial charge in [-0.15, -0.1) is 0 Å². The van der Waals surface area contributed by atoms with Crippen molar-refractivity contribution in [1.29, 1.82) is 0 Å². The Morgan fingerprint density at radius 1 is 1.00 bits per heavy atom. The van der Waals surface area contributed by atoms with Crippen molar-refractivity contribution in [3.8, 4) is 11.5 Å². The van der Waals surface area contributed by atoms with Crippen LogP contribution in [0.1, 0.15) is 29.5 Å². The van der Waals surface area contributed by atoms with E-state index in [-0.39, 0.29) is 18.7 Å². The van der Waals surface area contributed by atoms with Crippen LogP contribution >= 0.6 is 0 Å². The van der Waals surface area contributed by atoms with E-state index in [0.29, 0.717) is 31.8 Å². The van der Waals surface area contributed by atoms with Crippen molar-refractivity contribution in [2.24, 2.45) is 0 Å². The van der Waals surface area contributed by atoms with Crippen molar-refractivity contribution < 1.29 is 19.1 Å². The summed E-state index contributed by atoms with van der Waals surface area (Å²) in [6.45, 7) is 2.43. The highest BCUT2D eigenvalue weighted by Gasteiger charge is 2.21. The molecule has 7 heteroatoms. The minimum Gasteiger partial charge on any atom is -0.454 e.